The lowest BCUT2D eigenvalue weighted by molar-refractivity contribution is 0.157. The highest BCUT2D eigenvalue weighted by atomic mass is 127. The number of piperidine rings is 1. The van der Waals surface area contributed by atoms with Gasteiger partial charge in [-0.1, -0.05) is 0 Å². The summed E-state index contributed by atoms with van der Waals surface area (Å²) in [5.41, 5.74) is 0.0708. The lowest BCUT2D eigenvalue weighted by Gasteiger charge is -2.28. The summed E-state index contributed by atoms with van der Waals surface area (Å²) in [6, 6.07) is 5.20. The van der Waals surface area contributed by atoms with E-state index >= 15 is 0 Å². The molecule has 1 aromatic rings. The summed E-state index contributed by atoms with van der Waals surface area (Å²) in [6.07, 6.45) is 2.15. The van der Waals surface area contributed by atoms with Gasteiger partial charge in [-0.3, -0.25) is 0 Å². The number of halogens is 2. The zero-order chi connectivity index (χ0) is 13.8. The Morgan fingerprint density at radius 2 is 2.16 bits per heavy atom. The van der Waals surface area contributed by atoms with Crippen molar-refractivity contribution in [3.63, 3.8) is 0 Å². The van der Waals surface area contributed by atoms with Crippen LogP contribution in [0.1, 0.15) is 18.4 Å². The Morgan fingerprint density at radius 1 is 1.47 bits per heavy atom. The summed E-state index contributed by atoms with van der Waals surface area (Å²) in [5, 5.41) is 8.91. The van der Waals surface area contributed by atoms with Crippen molar-refractivity contribution < 1.29 is 9.13 Å². The van der Waals surface area contributed by atoms with Gasteiger partial charge in [-0.05, 0) is 73.6 Å². The topological polar surface area (TPSA) is 36.3 Å². The second-order valence-electron chi connectivity index (χ2n) is 4.90. The van der Waals surface area contributed by atoms with Crippen LogP contribution in [0, 0.1) is 26.6 Å². The second kappa shape index (κ2) is 6.53. The molecule has 1 fully saturated rings. The molecule has 0 bridgehead atoms. The normalized spacial score (nSPS) is 17.2. The summed E-state index contributed by atoms with van der Waals surface area (Å²) in [7, 11) is 2.11. The van der Waals surface area contributed by atoms with Gasteiger partial charge in [0.1, 0.15) is 11.6 Å². The average Bonchev–Trinajstić information content (AvgIpc) is 2.40. The number of nitriles is 1. The van der Waals surface area contributed by atoms with Crippen molar-refractivity contribution in [3.8, 4) is 11.8 Å². The van der Waals surface area contributed by atoms with E-state index in [1.807, 2.05) is 28.7 Å². The first-order valence-corrected chi connectivity index (χ1v) is 7.39. The summed E-state index contributed by atoms with van der Waals surface area (Å²) >= 11 is 1.95. The Bertz CT molecular complexity index is 493. The number of nitrogens with zero attached hydrogens (tertiary/aromatic N) is 2. The van der Waals surface area contributed by atoms with Gasteiger partial charge < -0.3 is 9.64 Å². The maximum atomic E-state index is 14.0. The van der Waals surface area contributed by atoms with E-state index in [2.05, 4.69) is 11.9 Å². The minimum Gasteiger partial charge on any atom is -0.490 e. The van der Waals surface area contributed by atoms with Crippen molar-refractivity contribution in [2.45, 2.75) is 12.8 Å². The lowest BCUT2D eigenvalue weighted by Crippen LogP contribution is -2.32. The predicted octanol–water partition coefficient (Wildman–Crippen LogP) is 3.02. The van der Waals surface area contributed by atoms with E-state index in [0.717, 1.165) is 25.9 Å². The Morgan fingerprint density at radius 3 is 2.79 bits per heavy atom. The molecule has 1 aromatic carbocycles. The molecule has 3 nitrogen and oxygen atoms in total. The molecule has 0 atom stereocenters. The van der Waals surface area contributed by atoms with Crippen LogP contribution in [0.25, 0.3) is 0 Å². The first kappa shape index (κ1) is 14.5. The predicted molar refractivity (Wildman–Crippen MR) is 79.5 cm³/mol. The van der Waals surface area contributed by atoms with Gasteiger partial charge >= 0.3 is 0 Å². The third-order valence-corrected chi connectivity index (χ3v) is 4.38. The van der Waals surface area contributed by atoms with Crippen molar-refractivity contribution in [2.75, 3.05) is 26.7 Å². The molecule has 0 aliphatic carbocycles. The third-order valence-electron chi connectivity index (χ3n) is 3.48. The highest BCUT2D eigenvalue weighted by Crippen LogP contribution is 2.26. The molecule has 1 aliphatic rings. The molecule has 0 amide bonds. The molecule has 0 N–H and O–H groups in total. The highest BCUT2D eigenvalue weighted by molar-refractivity contribution is 14.1. The molecule has 0 spiro atoms. The summed E-state index contributed by atoms with van der Waals surface area (Å²) in [4.78, 5) is 2.29. The summed E-state index contributed by atoms with van der Waals surface area (Å²) in [5.74, 6) is 0.124. The fraction of sp³-hybridized carbons (Fsp3) is 0.500. The Kier molecular flexibility index (Phi) is 4.99. The van der Waals surface area contributed by atoms with E-state index in [1.54, 1.807) is 12.1 Å². The van der Waals surface area contributed by atoms with Crippen LogP contribution < -0.4 is 4.74 Å². The number of hydrogen-bond donors (Lipinski definition) is 0. The van der Waals surface area contributed by atoms with Crippen LogP contribution in [-0.4, -0.2) is 31.6 Å². The monoisotopic (exact) mass is 374 g/mol. The minimum atomic E-state index is -0.540. The molecule has 19 heavy (non-hydrogen) atoms. The van der Waals surface area contributed by atoms with Gasteiger partial charge in [-0.2, -0.15) is 5.26 Å². The zero-order valence-corrected chi connectivity index (χ0v) is 13.0. The van der Waals surface area contributed by atoms with E-state index < -0.39 is 5.82 Å². The van der Waals surface area contributed by atoms with Crippen LogP contribution in [-0.2, 0) is 0 Å². The molecule has 0 saturated carbocycles. The van der Waals surface area contributed by atoms with Crippen molar-refractivity contribution in [1.29, 1.82) is 5.26 Å². The second-order valence-corrected chi connectivity index (χ2v) is 6.07. The van der Waals surface area contributed by atoms with Crippen molar-refractivity contribution in [2.24, 2.45) is 5.92 Å². The maximum absolute atomic E-state index is 14.0. The highest BCUT2D eigenvalue weighted by Gasteiger charge is 2.19. The molecule has 102 valence electrons. The number of hydrogen-bond acceptors (Lipinski definition) is 3. The van der Waals surface area contributed by atoms with E-state index in [0.29, 0.717) is 16.1 Å². The van der Waals surface area contributed by atoms with Gasteiger partial charge in [0.05, 0.1) is 6.61 Å². The van der Waals surface area contributed by atoms with Crippen molar-refractivity contribution in [1.82, 2.24) is 4.90 Å². The molecule has 1 saturated heterocycles. The van der Waals surface area contributed by atoms with Crippen molar-refractivity contribution >= 4 is 22.6 Å². The van der Waals surface area contributed by atoms with Gasteiger partial charge in [0.15, 0.2) is 11.6 Å². The molecular weight excluding hydrogens is 358 g/mol. The minimum absolute atomic E-state index is 0.0708. The average molecular weight is 374 g/mol. The van der Waals surface area contributed by atoms with Gasteiger partial charge in [-0.15, -0.1) is 0 Å². The number of likely N-dealkylation sites (tertiary alicyclic amines) is 1. The third kappa shape index (κ3) is 3.57. The van der Waals surface area contributed by atoms with Crippen LogP contribution in [0.5, 0.6) is 5.75 Å². The molecule has 0 unspecified atom stereocenters. The van der Waals surface area contributed by atoms with Crippen LogP contribution in [0.3, 0.4) is 0 Å². The first-order chi connectivity index (χ1) is 9.11. The molecule has 1 heterocycles. The SMILES string of the molecule is CN1CCC(COc2ccc(I)c(C#N)c2F)CC1. The molecule has 5 heteroatoms. The molecule has 0 radical (unpaired) electrons. The van der Waals surface area contributed by atoms with Gasteiger partial charge in [0, 0.05) is 3.57 Å². The molecule has 2 rings (SSSR count). The van der Waals surface area contributed by atoms with Gasteiger partial charge in [-0.25, -0.2) is 4.39 Å². The standard InChI is InChI=1S/C14H16FIN2O/c1-18-6-4-10(5-7-18)9-19-13-3-2-12(16)11(8-17)14(13)15/h2-3,10H,4-7,9H2,1H3. The van der Waals surface area contributed by atoms with Crippen molar-refractivity contribution in [3.05, 3.63) is 27.1 Å². The van der Waals surface area contributed by atoms with Crippen LogP contribution in [0.4, 0.5) is 4.39 Å². The van der Waals surface area contributed by atoms with Crippen LogP contribution in [0.2, 0.25) is 0 Å². The zero-order valence-electron chi connectivity index (χ0n) is 10.8. The van der Waals surface area contributed by atoms with E-state index in [4.69, 9.17) is 10.00 Å². The number of rotatable bonds is 3. The molecule has 0 aromatic heterocycles. The first-order valence-electron chi connectivity index (χ1n) is 6.31. The van der Waals surface area contributed by atoms with E-state index in [9.17, 15) is 4.39 Å². The quantitative estimate of drug-likeness (QED) is 0.764. The Labute approximate surface area is 126 Å². The summed E-state index contributed by atoms with van der Waals surface area (Å²) in [6.45, 7) is 2.65. The smallest absolute Gasteiger partial charge is 0.183 e. The Balaban J connectivity index is 1.99. The van der Waals surface area contributed by atoms with Gasteiger partial charge in [0.2, 0.25) is 0 Å². The molecule has 1 aliphatic heterocycles. The maximum Gasteiger partial charge on any atom is 0.183 e. The largest absolute Gasteiger partial charge is 0.490 e. The van der Waals surface area contributed by atoms with E-state index in [-0.39, 0.29) is 11.3 Å². The number of benzene rings is 1. The fourth-order valence-corrected chi connectivity index (χ4v) is 2.72. The lowest BCUT2D eigenvalue weighted by atomic mass is 9.98. The summed E-state index contributed by atoms with van der Waals surface area (Å²) < 4.78 is 20.2. The van der Waals surface area contributed by atoms with Gasteiger partial charge in [0.25, 0.3) is 0 Å². The van der Waals surface area contributed by atoms with E-state index in [1.165, 1.54) is 0 Å². The Hall–Kier alpha value is -0.870. The number of ether oxygens (including phenoxy) is 1. The fourth-order valence-electron chi connectivity index (χ4n) is 2.18. The van der Waals surface area contributed by atoms with Crippen LogP contribution >= 0.6 is 22.6 Å². The van der Waals surface area contributed by atoms with Crippen LogP contribution in [0.15, 0.2) is 12.1 Å². The molecular formula is C14H16FIN2O.